The summed E-state index contributed by atoms with van der Waals surface area (Å²) in [6.07, 6.45) is 9.55. The van der Waals surface area contributed by atoms with Crippen LogP contribution in [0.15, 0.2) is 84.9 Å². The molecule has 0 saturated heterocycles. The topological polar surface area (TPSA) is 18.5 Å². The molecule has 1 heterocycles. The average molecular weight is 431 g/mol. The van der Waals surface area contributed by atoms with Crippen molar-refractivity contribution in [3.05, 3.63) is 113 Å². The summed E-state index contributed by atoms with van der Waals surface area (Å²) in [4.78, 5) is 0. The first kappa shape index (κ1) is 19.0. The number of hydrogen-bond acceptors (Lipinski definition) is 2. The highest BCUT2D eigenvalue weighted by Gasteiger charge is 2.52. The molecule has 4 aromatic rings. The van der Waals surface area contributed by atoms with E-state index in [4.69, 9.17) is 9.47 Å². The van der Waals surface area contributed by atoms with E-state index in [0.29, 0.717) is 0 Å². The highest BCUT2D eigenvalue weighted by atomic mass is 16.5. The molecule has 2 spiro atoms. The summed E-state index contributed by atoms with van der Waals surface area (Å²) >= 11 is 0. The van der Waals surface area contributed by atoms with Crippen LogP contribution in [0.5, 0.6) is 11.5 Å². The third-order valence-corrected chi connectivity index (χ3v) is 8.13. The number of rotatable bonds is 1. The van der Waals surface area contributed by atoms with Crippen LogP contribution in [-0.4, -0.2) is 7.11 Å². The lowest BCUT2D eigenvalue weighted by Gasteiger charge is -2.48. The van der Waals surface area contributed by atoms with Crippen LogP contribution in [-0.2, 0) is 11.0 Å². The van der Waals surface area contributed by atoms with Gasteiger partial charge in [-0.3, -0.25) is 0 Å². The minimum absolute atomic E-state index is 0.107. The second-order valence-corrected chi connectivity index (χ2v) is 9.62. The normalized spacial score (nSPS) is 18.6. The molecule has 0 amide bonds. The minimum atomic E-state index is -0.603. The predicted molar refractivity (Wildman–Crippen MR) is 133 cm³/mol. The first-order chi connectivity index (χ1) is 16.2. The Morgan fingerprint density at radius 2 is 1.42 bits per heavy atom. The second-order valence-electron chi connectivity index (χ2n) is 9.62. The maximum Gasteiger partial charge on any atom is 0.178 e. The first-order valence-corrected chi connectivity index (χ1v) is 11.9. The molecule has 0 bridgehead atoms. The first-order valence-electron chi connectivity index (χ1n) is 11.9. The van der Waals surface area contributed by atoms with Gasteiger partial charge in [0.15, 0.2) is 5.60 Å². The molecule has 0 atom stereocenters. The van der Waals surface area contributed by atoms with Gasteiger partial charge in [-0.05, 0) is 71.2 Å². The largest absolute Gasteiger partial charge is 0.497 e. The Balaban J connectivity index is 1.48. The number of methoxy groups -OCH3 is 1. The third-order valence-electron chi connectivity index (χ3n) is 8.13. The smallest absolute Gasteiger partial charge is 0.178 e. The summed E-state index contributed by atoms with van der Waals surface area (Å²) in [6, 6.07) is 28.5. The van der Waals surface area contributed by atoms with Crippen molar-refractivity contribution in [2.75, 3.05) is 7.11 Å². The van der Waals surface area contributed by atoms with Crippen LogP contribution in [0, 0.1) is 0 Å². The van der Waals surface area contributed by atoms with Gasteiger partial charge in [-0.15, -0.1) is 0 Å². The molecule has 1 fully saturated rings. The van der Waals surface area contributed by atoms with E-state index >= 15 is 0 Å². The van der Waals surface area contributed by atoms with Gasteiger partial charge in [0.05, 0.1) is 7.11 Å². The number of ether oxygens (including phenoxy) is 2. The van der Waals surface area contributed by atoms with Crippen LogP contribution in [0.1, 0.15) is 53.5 Å². The van der Waals surface area contributed by atoms with E-state index < -0.39 is 5.60 Å². The monoisotopic (exact) mass is 430 g/mol. The van der Waals surface area contributed by atoms with E-state index in [1.54, 1.807) is 7.11 Å². The Kier molecular flexibility index (Phi) is 3.88. The Morgan fingerprint density at radius 1 is 0.758 bits per heavy atom. The molecular weight excluding hydrogens is 404 g/mol. The average Bonchev–Trinajstić information content (AvgIpc) is 3.38. The van der Waals surface area contributed by atoms with Crippen LogP contribution in [0.2, 0.25) is 0 Å². The highest BCUT2D eigenvalue weighted by Crippen LogP contribution is 2.58. The predicted octanol–water partition coefficient (Wildman–Crippen LogP) is 7.37. The molecule has 33 heavy (non-hydrogen) atoms. The van der Waals surface area contributed by atoms with Crippen molar-refractivity contribution < 1.29 is 9.47 Å². The zero-order valence-electron chi connectivity index (χ0n) is 18.8. The van der Waals surface area contributed by atoms with Crippen LogP contribution >= 0.6 is 0 Å². The Bertz CT molecular complexity index is 1390. The van der Waals surface area contributed by atoms with Gasteiger partial charge in [0.1, 0.15) is 11.5 Å². The Hall–Kier alpha value is -3.52. The SMILES string of the molecule is COc1ccc2c3c(ccc2c1)OC1(C=C3)c2ccccc2C2(CCCC2)c2ccccc21. The highest BCUT2D eigenvalue weighted by molar-refractivity contribution is 5.95. The van der Waals surface area contributed by atoms with E-state index in [2.05, 4.69) is 84.9 Å². The van der Waals surface area contributed by atoms with Crippen molar-refractivity contribution in [1.82, 2.24) is 0 Å². The van der Waals surface area contributed by atoms with E-state index in [0.717, 1.165) is 22.4 Å². The van der Waals surface area contributed by atoms with Crippen molar-refractivity contribution in [2.45, 2.75) is 36.7 Å². The molecule has 7 rings (SSSR count). The van der Waals surface area contributed by atoms with Gasteiger partial charge < -0.3 is 9.47 Å². The van der Waals surface area contributed by atoms with Gasteiger partial charge in [0.2, 0.25) is 0 Å². The van der Waals surface area contributed by atoms with Crippen LogP contribution in [0.3, 0.4) is 0 Å². The molecule has 2 nitrogen and oxygen atoms in total. The van der Waals surface area contributed by atoms with E-state index in [1.807, 2.05) is 6.07 Å². The molecule has 1 saturated carbocycles. The van der Waals surface area contributed by atoms with E-state index in [9.17, 15) is 0 Å². The molecule has 0 radical (unpaired) electrons. The van der Waals surface area contributed by atoms with Crippen molar-refractivity contribution in [1.29, 1.82) is 0 Å². The summed E-state index contributed by atoms with van der Waals surface area (Å²) in [5.41, 5.74) is 6.12. The fourth-order valence-corrected chi connectivity index (χ4v) is 6.65. The van der Waals surface area contributed by atoms with Gasteiger partial charge in [0.25, 0.3) is 0 Å². The third kappa shape index (κ3) is 2.44. The molecule has 3 aliphatic rings. The fraction of sp³-hybridized carbons (Fsp3) is 0.226. The van der Waals surface area contributed by atoms with Gasteiger partial charge in [-0.2, -0.15) is 0 Å². The van der Waals surface area contributed by atoms with Crippen molar-refractivity contribution in [2.24, 2.45) is 0 Å². The number of benzene rings is 4. The lowest BCUT2D eigenvalue weighted by molar-refractivity contribution is 0.150. The van der Waals surface area contributed by atoms with Gasteiger partial charge in [-0.25, -0.2) is 0 Å². The molecule has 2 aliphatic carbocycles. The van der Waals surface area contributed by atoms with Crippen LogP contribution < -0.4 is 9.47 Å². The van der Waals surface area contributed by atoms with Crippen molar-refractivity contribution >= 4 is 16.8 Å². The lowest BCUT2D eigenvalue weighted by Crippen LogP contribution is -2.44. The van der Waals surface area contributed by atoms with E-state index in [1.165, 1.54) is 53.3 Å². The maximum absolute atomic E-state index is 7.06. The zero-order chi connectivity index (χ0) is 22.0. The van der Waals surface area contributed by atoms with Crippen LogP contribution in [0.25, 0.3) is 16.8 Å². The fourth-order valence-electron chi connectivity index (χ4n) is 6.65. The second kappa shape index (κ2) is 6.74. The molecular formula is C31H26O2. The molecule has 4 aromatic carbocycles. The molecule has 0 unspecified atom stereocenters. The molecule has 2 heteroatoms. The summed E-state index contributed by atoms with van der Waals surface area (Å²) in [6.45, 7) is 0. The minimum Gasteiger partial charge on any atom is -0.497 e. The summed E-state index contributed by atoms with van der Waals surface area (Å²) in [7, 11) is 1.71. The quantitative estimate of drug-likeness (QED) is 0.314. The maximum atomic E-state index is 7.06. The zero-order valence-corrected chi connectivity index (χ0v) is 18.8. The molecule has 162 valence electrons. The van der Waals surface area contributed by atoms with Crippen molar-refractivity contribution in [3.63, 3.8) is 0 Å². The lowest BCUT2D eigenvalue weighted by atomic mass is 9.60. The molecule has 0 aromatic heterocycles. The van der Waals surface area contributed by atoms with Crippen molar-refractivity contribution in [3.8, 4) is 11.5 Å². The number of hydrogen-bond donors (Lipinski definition) is 0. The standard InChI is InChI=1S/C31H26O2/c1-32-22-13-14-23-21(20-22)12-15-29-24(23)16-19-31(33-29)27-10-4-2-8-25(27)30(17-6-7-18-30)26-9-3-5-11-28(26)31/h2-5,8-16,19-20H,6-7,17-18H2,1H3. The summed E-state index contributed by atoms with van der Waals surface area (Å²) in [5.74, 6) is 1.80. The Morgan fingerprint density at radius 3 is 2.09 bits per heavy atom. The Labute approximate surface area is 194 Å². The van der Waals surface area contributed by atoms with Gasteiger partial charge >= 0.3 is 0 Å². The van der Waals surface area contributed by atoms with E-state index in [-0.39, 0.29) is 5.41 Å². The molecule has 0 N–H and O–H groups in total. The van der Waals surface area contributed by atoms with Gasteiger partial charge in [0, 0.05) is 22.1 Å². The number of fused-ring (bicyclic) bond motifs is 9. The summed E-state index contributed by atoms with van der Waals surface area (Å²) in [5, 5.41) is 2.34. The molecule has 1 aliphatic heterocycles. The van der Waals surface area contributed by atoms with Gasteiger partial charge in [-0.1, -0.05) is 67.4 Å². The summed E-state index contributed by atoms with van der Waals surface area (Å²) < 4.78 is 12.5. The van der Waals surface area contributed by atoms with Crippen LogP contribution in [0.4, 0.5) is 0 Å².